The summed E-state index contributed by atoms with van der Waals surface area (Å²) in [4.78, 5) is 14.1. The highest BCUT2D eigenvalue weighted by atomic mass is 16.5. The van der Waals surface area contributed by atoms with Crippen LogP contribution in [0.4, 0.5) is 5.69 Å². The molecule has 0 saturated carbocycles. The second-order valence-electron chi connectivity index (χ2n) is 4.72. The summed E-state index contributed by atoms with van der Waals surface area (Å²) in [6.45, 7) is 4.72. The summed E-state index contributed by atoms with van der Waals surface area (Å²) in [6.07, 6.45) is 0.889. The van der Waals surface area contributed by atoms with E-state index in [0.29, 0.717) is 6.54 Å². The number of amides is 1. The Bertz CT molecular complexity index is 581. The van der Waals surface area contributed by atoms with E-state index in [9.17, 15) is 4.79 Å². The molecule has 0 N–H and O–H groups in total. The Kier molecular flexibility index (Phi) is 5.38. The van der Waals surface area contributed by atoms with Crippen molar-refractivity contribution in [1.82, 2.24) is 0 Å². The normalized spacial score (nSPS) is 10.2. The monoisotopic (exact) mass is 283 g/mol. The van der Waals surface area contributed by atoms with Crippen molar-refractivity contribution < 1.29 is 9.53 Å². The van der Waals surface area contributed by atoms with Crippen LogP contribution in [-0.2, 0) is 11.2 Å². The van der Waals surface area contributed by atoms with Crippen LogP contribution in [0.3, 0.4) is 0 Å². The predicted octanol–water partition coefficient (Wildman–Crippen LogP) is 3.68. The van der Waals surface area contributed by atoms with Crippen molar-refractivity contribution in [2.24, 2.45) is 0 Å². The number of carbonyl (C=O) groups is 1. The van der Waals surface area contributed by atoms with Gasteiger partial charge in [-0.15, -0.1) is 0 Å². The van der Waals surface area contributed by atoms with Gasteiger partial charge in [-0.2, -0.15) is 0 Å². The molecule has 3 heteroatoms. The second-order valence-corrected chi connectivity index (χ2v) is 4.72. The zero-order valence-electron chi connectivity index (χ0n) is 12.6. The molecule has 0 aliphatic carbocycles. The number of ether oxygens (including phenoxy) is 1. The highest BCUT2D eigenvalue weighted by Crippen LogP contribution is 2.19. The maximum absolute atomic E-state index is 12.3. The fraction of sp³-hybridized carbons (Fsp3) is 0.278. The van der Waals surface area contributed by atoms with E-state index in [-0.39, 0.29) is 12.5 Å². The van der Waals surface area contributed by atoms with Gasteiger partial charge < -0.3 is 9.64 Å². The SMILES string of the molecule is CCc1ccccc1OCC(=O)N(CC)c1ccccc1. The third-order valence-electron chi connectivity index (χ3n) is 3.39. The zero-order valence-corrected chi connectivity index (χ0v) is 12.6. The molecular formula is C18H21NO2. The summed E-state index contributed by atoms with van der Waals surface area (Å²) in [7, 11) is 0. The lowest BCUT2D eigenvalue weighted by Crippen LogP contribution is -2.34. The van der Waals surface area contributed by atoms with Gasteiger partial charge in [0.25, 0.3) is 5.91 Å². The maximum Gasteiger partial charge on any atom is 0.264 e. The van der Waals surface area contributed by atoms with Crippen molar-refractivity contribution in [3.05, 3.63) is 60.2 Å². The molecule has 0 radical (unpaired) electrons. The number of nitrogens with zero attached hydrogens (tertiary/aromatic N) is 1. The highest BCUT2D eigenvalue weighted by Gasteiger charge is 2.14. The van der Waals surface area contributed by atoms with Crippen molar-refractivity contribution in [3.8, 4) is 5.75 Å². The molecule has 2 aromatic rings. The summed E-state index contributed by atoms with van der Waals surface area (Å²) in [5.74, 6) is 0.757. The van der Waals surface area contributed by atoms with Gasteiger partial charge in [-0.1, -0.05) is 43.3 Å². The minimum atomic E-state index is -0.0328. The molecule has 0 heterocycles. The number of carbonyl (C=O) groups excluding carboxylic acids is 1. The molecule has 0 aliphatic heterocycles. The van der Waals surface area contributed by atoms with Gasteiger partial charge in [0.15, 0.2) is 6.61 Å². The van der Waals surface area contributed by atoms with Gasteiger partial charge in [0.1, 0.15) is 5.75 Å². The molecule has 0 spiro atoms. The van der Waals surface area contributed by atoms with Crippen molar-refractivity contribution >= 4 is 11.6 Å². The standard InChI is InChI=1S/C18H21NO2/c1-3-15-10-8-9-13-17(15)21-14-18(20)19(4-2)16-11-6-5-7-12-16/h5-13H,3-4,14H2,1-2H3. The molecule has 0 saturated heterocycles. The number of likely N-dealkylation sites (N-methyl/N-ethyl adjacent to an activating group) is 1. The Morgan fingerprint density at radius 2 is 1.67 bits per heavy atom. The number of benzene rings is 2. The average molecular weight is 283 g/mol. The number of para-hydroxylation sites is 2. The van der Waals surface area contributed by atoms with Crippen LogP contribution in [0.1, 0.15) is 19.4 Å². The number of hydrogen-bond acceptors (Lipinski definition) is 2. The molecule has 2 aromatic carbocycles. The summed E-state index contributed by atoms with van der Waals surface area (Å²) < 4.78 is 5.70. The number of anilines is 1. The van der Waals surface area contributed by atoms with E-state index in [0.717, 1.165) is 23.4 Å². The lowest BCUT2D eigenvalue weighted by atomic mass is 10.1. The van der Waals surface area contributed by atoms with Crippen LogP contribution in [0.25, 0.3) is 0 Å². The van der Waals surface area contributed by atoms with Crippen LogP contribution >= 0.6 is 0 Å². The van der Waals surface area contributed by atoms with Crippen molar-refractivity contribution in [3.63, 3.8) is 0 Å². The van der Waals surface area contributed by atoms with Gasteiger partial charge in [-0.25, -0.2) is 0 Å². The van der Waals surface area contributed by atoms with Crippen molar-refractivity contribution in [2.75, 3.05) is 18.1 Å². The largest absolute Gasteiger partial charge is 0.483 e. The number of hydrogen-bond donors (Lipinski definition) is 0. The van der Waals surface area contributed by atoms with Crippen LogP contribution in [0.2, 0.25) is 0 Å². The third-order valence-corrected chi connectivity index (χ3v) is 3.39. The van der Waals surface area contributed by atoms with Gasteiger partial charge in [-0.3, -0.25) is 4.79 Å². The molecular weight excluding hydrogens is 262 g/mol. The van der Waals surface area contributed by atoms with Gasteiger partial charge in [0.05, 0.1) is 0 Å². The molecule has 0 fully saturated rings. The Labute approximate surface area is 126 Å². The topological polar surface area (TPSA) is 29.5 Å². The molecule has 0 bridgehead atoms. The highest BCUT2D eigenvalue weighted by molar-refractivity contribution is 5.94. The fourth-order valence-corrected chi connectivity index (χ4v) is 2.26. The van der Waals surface area contributed by atoms with E-state index in [1.165, 1.54) is 0 Å². The fourth-order valence-electron chi connectivity index (χ4n) is 2.26. The van der Waals surface area contributed by atoms with Gasteiger partial charge in [-0.05, 0) is 37.1 Å². The van der Waals surface area contributed by atoms with Crippen molar-refractivity contribution in [1.29, 1.82) is 0 Å². The van der Waals surface area contributed by atoms with Crippen LogP contribution < -0.4 is 9.64 Å². The molecule has 3 nitrogen and oxygen atoms in total. The first-order valence-corrected chi connectivity index (χ1v) is 7.32. The molecule has 110 valence electrons. The van der Waals surface area contributed by atoms with Crippen LogP contribution in [0.15, 0.2) is 54.6 Å². The van der Waals surface area contributed by atoms with E-state index in [1.807, 2.05) is 61.5 Å². The molecule has 0 unspecified atom stereocenters. The van der Waals surface area contributed by atoms with Gasteiger partial charge in [0.2, 0.25) is 0 Å². The molecule has 0 atom stereocenters. The Hall–Kier alpha value is -2.29. The number of aryl methyl sites for hydroxylation is 1. The van der Waals surface area contributed by atoms with Gasteiger partial charge >= 0.3 is 0 Å². The molecule has 1 amide bonds. The van der Waals surface area contributed by atoms with Crippen LogP contribution in [-0.4, -0.2) is 19.1 Å². The summed E-state index contributed by atoms with van der Waals surface area (Å²) >= 11 is 0. The Morgan fingerprint density at radius 3 is 2.33 bits per heavy atom. The van der Waals surface area contributed by atoms with E-state index >= 15 is 0 Å². The molecule has 0 aromatic heterocycles. The average Bonchev–Trinajstić information content (AvgIpc) is 2.55. The first kappa shape index (κ1) is 15.1. The Balaban J connectivity index is 2.03. The molecule has 0 aliphatic rings. The van der Waals surface area contributed by atoms with E-state index < -0.39 is 0 Å². The molecule has 21 heavy (non-hydrogen) atoms. The first-order valence-electron chi connectivity index (χ1n) is 7.32. The van der Waals surface area contributed by atoms with E-state index in [1.54, 1.807) is 4.90 Å². The first-order chi connectivity index (χ1) is 10.3. The predicted molar refractivity (Wildman–Crippen MR) is 85.8 cm³/mol. The van der Waals surface area contributed by atoms with Gasteiger partial charge in [0, 0.05) is 12.2 Å². The van der Waals surface area contributed by atoms with Crippen LogP contribution in [0.5, 0.6) is 5.75 Å². The van der Waals surface area contributed by atoms with E-state index in [2.05, 4.69) is 6.92 Å². The minimum Gasteiger partial charge on any atom is -0.483 e. The smallest absolute Gasteiger partial charge is 0.264 e. The third kappa shape index (κ3) is 3.85. The number of rotatable bonds is 6. The zero-order chi connectivity index (χ0) is 15.1. The summed E-state index contributed by atoms with van der Waals surface area (Å²) in [5, 5.41) is 0. The summed E-state index contributed by atoms with van der Waals surface area (Å²) in [5.41, 5.74) is 2.02. The lowest BCUT2D eigenvalue weighted by Gasteiger charge is -2.21. The second kappa shape index (κ2) is 7.48. The minimum absolute atomic E-state index is 0.0328. The van der Waals surface area contributed by atoms with E-state index in [4.69, 9.17) is 4.74 Å². The van der Waals surface area contributed by atoms with Crippen molar-refractivity contribution in [2.45, 2.75) is 20.3 Å². The van der Waals surface area contributed by atoms with Crippen LogP contribution in [0, 0.1) is 0 Å². The maximum atomic E-state index is 12.3. The lowest BCUT2D eigenvalue weighted by molar-refractivity contribution is -0.120. The molecule has 2 rings (SSSR count). The summed E-state index contributed by atoms with van der Waals surface area (Å²) in [6, 6.07) is 17.5. The quantitative estimate of drug-likeness (QED) is 0.809. The Morgan fingerprint density at radius 1 is 1.00 bits per heavy atom.